The minimum atomic E-state index is -0.234. The van der Waals surface area contributed by atoms with Gasteiger partial charge in [-0.25, -0.2) is 0 Å². The van der Waals surface area contributed by atoms with Gasteiger partial charge in [0.15, 0.2) is 0 Å². The van der Waals surface area contributed by atoms with Crippen LogP contribution in [0.15, 0.2) is 24.3 Å². The zero-order valence-corrected chi connectivity index (χ0v) is 10.4. The first-order valence-electron chi connectivity index (χ1n) is 5.54. The summed E-state index contributed by atoms with van der Waals surface area (Å²) in [6.45, 7) is 4.65. The second kappa shape index (κ2) is 4.36. The number of hydrogen-bond acceptors (Lipinski definition) is 2. The Labute approximate surface area is 101 Å². The molecule has 0 bridgehead atoms. The van der Waals surface area contributed by atoms with Gasteiger partial charge in [0.05, 0.1) is 18.8 Å². The molecule has 1 aromatic carbocycles. The maximum Gasteiger partial charge on any atom is 0.0720 e. The molecule has 3 heteroatoms. The standard InChI is InChI=1S/C13H17ClO2/c1-13(2)11(15)7-12(13)16-8-9-3-5-10(14)6-4-9/h3-6,11-12,15H,7-8H2,1-2H3. The van der Waals surface area contributed by atoms with Crippen LogP contribution >= 0.6 is 11.6 Å². The average Bonchev–Trinajstić information content (AvgIpc) is 2.26. The summed E-state index contributed by atoms with van der Waals surface area (Å²) in [5.74, 6) is 0. The average molecular weight is 241 g/mol. The molecule has 88 valence electrons. The van der Waals surface area contributed by atoms with E-state index in [2.05, 4.69) is 0 Å². The number of halogens is 1. The minimum absolute atomic E-state index is 0.119. The third-order valence-corrected chi connectivity index (χ3v) is 3.74. The second-order valence-corrected chi connectivity index (χ2v) is 5.44. The molecule has 1 saturated carbocycles. The van der Waals surface area contributed by atoms with Gasteiger partial charge in [0.25, 0.3) is 0 Å². The van der Waals surface area contributed by atoms with E-state index in [1.54, 1.807) is 0 Å². The Balaban J connectivity index is 1.87. The van der Waals surface area contributed by atoms with Crippen LogP contribution in [0.2, 0.25) is 5.02 Å². The molecule has 2 atom stereocenters. The Morgan fingerprint density at radius 1 is 1.38 bits per heavy atom. The molecule has 0 aromatic heterocycles. The molecule has 1 fully saturated rings. The Hall–Kier alpha value is -0.570. The van der Waals surface area contributed by atoms with Crippen LogP contribution in [-0.2, 0) is 11.3 Å². The monoisotopic (exact) mass is 240 g/mol. The van der Waals surface area contributed by atoms with Crippen molar-refractivity contribution in [1.82, 2.24) is 0 Å². The predicted molar refractivity (Wildman–Crippen MR) is 64.4 cm³/mol. The van der Waals surface area contributed by atoms with Crippen LogP contribution < -0.4 is 0 Å². The normalized spacial score (nSPS) is 27.5. The molecule has 1 aliphatic carbocycles. The fourth-order valence-electron chi connectivity index (χ4n) is 1.92. The van der Waals surface area contributed by atoms with Gasteiger partial charge in [0.1, 0.15) is 0 Å². The highest BCUT2D eigenvalue weighted by molar-refractivity contribution is 6.30. The lowest BCUT2D eigenvalue weighted by atomic mass is 9.66. The van der Waals surface area contributed by atoms with Gasteiger partial charge < -0.3 is 9.84 Å². The zero-order valence-electron chi connectivity index (χ0n) is 9.61. The summed E-state index contributed by atoms with van der Waals surface area (Å²) in [7, 11) is 0. The molecule has 0 heterocycles. The van der Waals surface area contributed by atoms with Gasteiger partial charge in [-0.05, 0) is 17.7 Å². The van der Waals surface area contributed by atoms with Crippen molar-refractivity contribution in [3.8, 4) is 0 Å². The first kappa shape index (κ1) is 11.9. The van der Waals surface area contributed by atoms with Crippen molar-refractivity contribution in [2.45, 2.75) is 39.1 Å². The number of rotatable bonds is 3. The van der Waals surface area contributed by atoms with E-state index < -0.39 is 0 Å². The highest BCUT2D eigenvalue weighted by atomic mass is 35.5. The van der Waals surface area contributed by atoms with Crippen molar-refractivity contribution >= 4 is 11.6 Å². The zero-order chi connectivity index (χ0) is 11.8. The summed E-state index contributed by atoms with van der Waals surface area (Å²) in [6.07, 6.45) is 0.654. The van der Waals surface area contributed by atoms with Gasteiger partial charge in [0, 0.05) is 16.9 Å². The molecule has 1 N–H and O–H groups in total. The smallest absolute Gasteiger partial charge is 0.0720 e. The maximum atomic E-state index is 9.58. The number of aliphatic hydroxyl groups is 1. The number of aliphatic hydroxyl groups excluding tert-OH is 1. The van der Waals surface area contributed by atoms with Crippen LogP contribution in [0.1, 0.15) is 25.8 Å². The molecule has 0 radical (unpaired) electrons. The van der Waals surface area contributed by atoms with Crippen LogP contribution in [-0.4, -0.2) is 17.3 Å². The summed E-state index contributed by atoms with van der Waals surface area (Å²) in [5.41, 5.74) is 0.994. The molecular weight excluding hydrogens is 224 g/mol. The van der Waals surface area contributed by atoms with Gasteiger partial charge >= 0.3 is 0 Å². The predicted octanol–water partition coefficient (Wildman–Crippen LogP) is 3.02. The molecule has 0 aliphatic heterocycles. The Kier molecular flexibility index (Phi) is 3.24. The lowest BCUT2D eigenvalue weighted by Crippen LogP contribution is -2.54. The van der Waals surface area contributed by atoms with Crippen molar-refractivity contribution in [1.29, 1.82) is 0 Å². The molecule has 1 aromatic rings. The highest BCUT2D eigenvalue weighted by Crippen LogP contribution is 2.42. The topological polar surface area (TPSA) is 29.5 Å². The van der Waals surface area contributed by atoms with E-state index in [-0.39, 0.29) is 17.6 Å². The van der Waals surface area contributed by atoms with Crippen LogP contribution in [0.5, 0.6) is 0 Å². The second-order valence-electron chi connectivity index (χ2n) is 5.00. The number of benzene rings is 1. The Bertz CT molecular complexity index is 359. The van der Waals surface area contributed by atoms with Crippen LogP contribution in [0.25, 0.3) is 0 Å². The largest absolute Gasteiger partial charge is 0.392 e. The fraction of sp³-hybridized carbons (Fsp3) is 0.538. The van der Waals surface area contributed by atoms with Crippen LogP contribution in [0.4, 0.5) is 0 Å². The first-order chi connectivity index (χ1) is 7.50. The molecule has 2 rings (SSSR count). The molecule has 0 saturated heterocycles. The van der Waals surface area contributed by atoms with E-state index in [0.29, 0.717) is 6.61 Å². The third-order valence-electron chi connectivity index (χ3n) is 3.49. The van der Waals surface area contributed by atoms with Gasteiger partial charge in [-0.3, -0.25) is 0 Å². The summed E-state index contributed by atoms with van der Waals surface area (Å²) < 4.78 is 5.79. The van der Waals surface area contributed by atoms with Crippen molar-refractivity contribution < 1.29 is 9.84 Å². The fourth-order valence-corrected chi connectivity index (χ4v) is 2.05. The van der Waals surface area contributed by atoms with Crippen molar-refractivity contribution in [2.75, 3.05) is 0 Å². The molecule has 16 heavy (non-hydrogen) atoms. The molecule has 1 aliphatic rings. The van der Waals surface area contributed by atoms with Gasteiger partial charge in [-0.1, -0.05) is 37.6 Å². The first-order valence-corrected chi connectivity index (χ1v) is 5.92. The van der Waals surface area contributed by atoms with Crippen molar-refractivity contribution in [3.05, 3.63) is 34.9 Å². The Morgan fingerprint density at radius 3 is 2.50 bits per heavy atom. The van der Waals surface area contributed by atoms with E-state index in [4.69, 9.17) is 16.3 Å². The summed E-state index contributed by atoms with van der Waals surface area (Å²) in [6, 6.07) is 7.65. The lowest BCUT2D eigenvalue weighted by Gasteiger charge is -2.48. The summed E-state index contributed by atoms with van der Waals surface area (Å²) in [5, 5.41) is 10.3. The highest BCUT2D eigenvalue weighted by Gasteiger charge is 2.48. The third kappa shape index (κ3) is 2.24. The lowest BCUT2D eigenvalue weighted by molar-refractivity contribution is -0.179. The quantitative estimate of drug-likeness (QED) is 0.880. The number of hydrogen-bond donors (Lipinski definition) is 1. The maximum absolute atomic E-state index is 9.58. The molecule has 2 unspecified atom stereocenters. The van der Waals surface area contributed by atoms with Gasteiger partial charge in [0.2, 0.25) is 0 Å². The van der Waals surface area contributed by atoms with E-state index in [1.807, 2.05) is 38.1 Å². The van der Waals surface area contributed by atoms with E-state index in [0.717, 1.165) is 17.0 Å². The van der Waals surface area contributed by atoms with Crippen molar-refractivity contribution in [2.24, 2.45) is 5.41 Å². The molecule has 0 amide bonds. The molecule has 2 nitrogen and oxygen atoms in total. The van der Waals surface area contributed by atoms with E-state index >= 15 is 0 Å². The van der Waals surface area contributed by atoms with E-state index in [9.17, 15) is 5.11 Å². The summed E-state index contributed by atoms with van der Waals surface area (Å²) >= 11 is 5.80. The Morgan fingerprint density at radius 2 is 2.00 bits per heavy atom. The molecule has 0 spiro atoms. The molecular formula is C13H17ClO2. The van der Waals surface area contributed by atoms with Gasteiger partial charge in [-0.15, -0.1) is 0 Å². The van der Waals surface area contributed by atoms with Crippen molar-refractivity contribution in [3.63, 3.8) is 0 Å². The summed E-state index contributed by atoms with van der Waals surface area (Å²) in [4.78, 5) is 0. The minimum Gasteiger partial charge on any atom is -0.392 e. The van der Waals surface area contributed by atoms with Crippen LogP contribution in [0.3, 0.4) is 0 Å². The van der Waals surface area contributed by atoms with E-state index in [1.165, 1.54) is 0 Å². The number of ether oxygens (including phenoxy) is 1. The van der Waals surface area contributed by atoms with Crippen LogP contribution in [0, 0.1) is 5.41 Å². The van der Waals surface area contributed by atoms with Gasteiger partial charge in [-0.2, -0.15) is 0 Å². The SMILES string of the molecule is CC1(C)C(O)CC1OCc1ccc(Cl)cc1.